The molecule has 9 nitrogen and oxygen atoms in total. The third kappa shape index (κ3) is 7.08. The highest BCUT2D eigenvalue weighted by atomic mass is 35.5. The number of ether oxygens (including phenoxy) is 1. The van der Waals surface area contributed by atoms with E-state index in [4.69, 9.17) is 16.3 Å². The minimum Gasteiger partial charge on any atom is -0.492 e. The molecule has 1 saturated heterocycles. The number of hydrogen-bond acceptors (Lipinski definition) is 6. The van der Waals surface area contributed by atoms with E-state index in [0.29, 0.717) is 29.5 Å². The topological polar surface area (TPSA) is 113 Å². The lowest BCUT2D eigenvalue weighted by Crippen LogP contribution is -2.41. The Labute approximate surface area is 205 Å². The summed E-state index contributed by atoms with van der Waals surface area (Å²) in [5, 5.41) is 2.97. The summed E-state index contributed by atoms with van der Waals surface area (Å²) in [6, 6.07) is 12.4. The monoisotopic (exact) mass is 529 g/mol. The minimum atomic E-state index is -3.70. The molecule has 0 atom stereocenters. The Morgan fingerprint density at radius 1 is 1.06 bits per heavy atom. The number of amides is 1. The standard InChI is InChI=1S/C22H28ClN3O6S2/c1-33(28,29)26(19-7-5-6-18(23)16-19)17-22(27)24-12-15-32-20-8-10-21(11-9-20)34(30,31)25-13-3-2-4-14-25/h5-11,16H,2-4,12-15,17H2,1H3,(H,24,27). The van der Waals surface area contributed by atoms with E-state index in [0.717, 1.165) is 29.8 Å². The summed E-state index contributed by atoms with van der Waals surface area (Å²) in [4.78, 5) is 12.5. The Morgan fingerprint density at radius 3 is 2.35 bits per heavy atom. The van der Waals surface area contributed by atoms with Crippen LogP contribution in [0.4, 0.5) is 5.69 Å². The summed E-state index contributed by atoms with van der Waals surface area (Å²) in [5.74, 6) is -0.0412. The van der Waals surface area contributed by atoms with Crippen molar-refractivity contribution < 1.29 is 26.4 Å². The van der Waals surface area contributed by atoms with Crippen molar-refractivity contribution in [3.05, 3.63) is 53.6 Å². The van der Waals surface area contributed by atoms with Gasteiger partial charge in [-0.1, -0.05) is 24.1 Å². The molecule has 34 heavy (non-hydrogen) atoms. The van der Waals surface area contributed by atoms with Gasteiger partial charge in [-0.05, 0) is 55.3 Å². The van der Waals surface area contributed by atoms with Crippen molar-refractivity contribution in [2.45, 2.75) is 24.2 Å². The molecule has 0 unspecified atom stereocenters. The molecule has 1 aliphatic heterocycles. The second kappa shape index (κ2) is 11.4. The van der Waals surface area contributed by atoms with Crippen molar-refractivity contribution in [2.24, 2.45) is 0 Å². The van der Waals surface area contributed by atoms with Gasteiger partial charge in [-0.3, -0.25) is 9.10 Å². The maximum Gasteiger partial charge on any atom is 0.243 e. The summed E-state index contributed by atoms with van der Waals surface area (Å²) in [5.41, 5.74) is 0.293. The summed E-state index contributed by atoms with van der Waals surface area (Å²) < 4.78 is 57.7. The fourth-order valence-corrected chi connectivity index (χ4v) is 6.09. The van der Waals surface area contributed by atoms with Crippen molar-refractivity contribution in [2.75, 3.05) is 43.3 Å². The molecule has 1 heterocycles. The zero-order chi connectivity index (χ0) is 24.8. The average molecular weight is 530 g/mol. The molecule has 2 aromatic carbocycles. The first-order valence-electron chi connectivity index (χ1n) is 10.8. The van der Waals surface area contributed by atoms with Crippen molar-refractivity contribution >= 4 is 43.2 Å². The Balaban J connectivity index is 1.49. The Kier molecular flexibility index (Phi) is 8.80. The first-order chi connectivity index (χ1) is 16.1. The number of nitrogens with zero attached hydrogens (tertiary/aromatic N) is 2. The van der Waals surface area contributed by atoms with E-state index in [1.54, 1.807) is 30.3 Å². The normalized spacial score (nSPS) is 15.0. The molecule has 0 saturated carbocycles. The number of benzene rings is 2. The van der Waals surface area contributed by atoms with Gasteiger partial charge in [0.15, 0.2) is 0 Å². The first kappa shape index (κ1) is 26.3. The third-order valence-corrected chi connectivity index (χ3v) is 8.54. The van der Waals surface area contributed by atoms with Gasteiger partial charge < -0.3 is 10.1 Å². The van der Waals surface area contributed by atoms with E-state index in [9.17, 15) is 21.6 Å². The van der Waals surface area contributed by atoms with Crippen LogP contribution in [0, 0.1) is 0 Å². The molecular formula is C22H28ClN3O6S2. The molecule has 1 N–H and O–H groups in total. The number of carbonyl (C=O) groups excluding carboxylic acids is 1. The van der Waals surface area contributed by atoms with Crippen LogP contribution in [0.1, 0.15) is 19.3 Å². The number of carbonyl (C=O) groups is 1. The number of halogens is 1. The van der Waals surface area contributed by atoms with Crippen LogP contribution in [0.3, 0.4) is 0 Å². The molecule has 1 aliphatic rings. The van der Waals surface area contributed by atoms with Crippen molar-refractivity contribution in [3.63, 3.8) is 0 Å². The number of hydrogen-bond donors (Lipinski definition) is 1. The predicted molar refractivity (Wildman–Crippen MR) is 131 cm³/mol. The highest BCUT2D eigenvalue weighted by molar-refractivity contribution is 7.92. The Morgan fingerprint density at radius 2 is 1.74 bits per heavy atom. The van der Waals surface area contributed by atoms with Gasteiger partial charge in [0.25, 0.3) is 0 Å². The zero-order valence-corrected chi connectivity index (χ0v) is 21.2. The summed E-state index contributed by atoms with van der Waals surface area (Å²) in [6.07, 6.45) is 3.79. The summed E-state index contributed by atoms with van der Waals surface area (Å²) >= 11 is 5.94. The van der Waals surface area contributed by atoms with Crippen LogP contribution in [-0.2, 0) is 24.8 Å². The number of rotatable bonds is 10. The summed E-state index contributed by atoms with van der Waals surface area (Å²) in [6.45, 7) is 0.935. The molecule has 1 fully saturated rings. The van der Waals surface area contributed by atoms with Gasteiger partial charge in [0.1, 0.15) is 18.9 Å². The summed E-state index contributed by atoms with van der Waals surface area (Å²) in [7, 11) is -7.20. The van der Waals surface area contributed by atoms with E-state index >= 15 is 0 Å². The van der Waals surface area contributed by atoms with Gasteiger partial charge in [-0.15, -0.1) is 0 Å². The Bertz CT molecular complexity index is 1200. The second-order valence-electron chi connectivity index (χ2n) is 7.88. The SMILES string of the molecule is CS(=O)(=O)N(CC(=O)NCCOc1ccc(S(=O)(=O)N2CCCCC2)cc1)c1cccc(Cl)c1. The molecule has 12 heteroatoms. The average Bonchev–Trinajstić information content (AvgIpc) is 2.80. The molecule has 186 valence electrons. The van der Waals surface area contributed by atoms with Crippen LogP contribution in [0.25, 0.3) is 0 Å². The smallest absolute Gasteiger partial charge is 0.243 e. The fourth-order valence-electron chi connectivity index (χ4n) is 3.54. The van der Waals surface area contributed by atoms with Crippen LogP contribution >= 0.6 is 11.6 Å². The molecule has 3 rings (SSSR count). The van der Waals surface area contributed by atoms with Crippen molar-refractivity contribution in [1.29, 1.82) is 0 Å². The van der Waals surface area contributed by atoms with E-state index < -0.39 is 32.5 Å². The largest absolute Gasteiger partial charge is 0.492 e. The third-order valence-electron chi connectivity index (χ3n) is 5.25. The van der Waals surface area contributed by atoms with E-state index in [1.165, 1.54) is 22.5 Å². The quantitative estimate of drug-likeness (QED) is 0.473. The van der Waals surface area contributed by atoms with Gasteiger partial charge in [0, 0.05) is 18.1 Å². The molecule has 0 spiro atoms. The van der Waals surface area contributed by atoms with Gasteiger partial charge in [-0.25, -0.2) is 16.8 Å². The zero-order valence-electron chi connectivity index (χ0n) is 18.8. The molecule has 1 amide bonds. The maximum atomic E-state index is 12.7. The van der Waals surface area contributed by atoms with Crippen LogP contribution in [-0.4, -0.2) is 66.1 Å². The van der Waals surface area contributed by atoms with Crippen molar-refractivity contribution in [3.8, 4) is 5.75 Å². The predicted octanol–water partition coefficient (Wildman–Crippen LogP) is 2.48. The highest BCUT2D eigenvalue weighted by Crippen LogP contribution is 2.23. The molecule has 0 aliphatic carbocycles. The number of nitrogens with one attached hydrogen (secondary N) is 1. The van der Waals surface area contributed by atoms with E-state index in [-0.39, 0.29) is 18.0 Å². The lowest BCUT2D eigenvalue weighted by atomic mass is 10.2. The highest BCUT2D eigenvalue weighted by Gasteiger charge is 2.25. The van der Waals surface area contributed by atoms with E-state index in [2.05, 4.69) is 5.32 Å². The lowest BCUT2D eigenvalue weighted by molar-refractivity contribution is -0.119. The molecular weight excluding hydrogens is 502 g/mol. The number of sulfonamides is 2. The second-order valence-corrected chi connectivity index (χ2v) is 12.2. The first-order valence-corrected chi connectivity index (χ1v) is 14.5. The van der Waals surface area contributed by atoms with Gasteiger partial charge in [-0.2, -0.15) is 4.31 Å². The van der Waals surface area contributed by atoms with Crippen LogP contribution in [0.2, 0.25) is 5.02 Å². The fraction of sp³-hybridized carbons (Fsp3) is 0.409. The molecule has 2 aromatic rings. The molecule has 0 bridgehead atoms. The number of anilines is 1. The van der Waals surface area contributed by atoms with Crippen molar-refractivity contribution in [1.82, 2.24) is 9.62 Å². The van der Waals surface area contributed by atoms with Gasteiger partial charge >= 0.3 is 0 Å². The van der Waals surface area contributed by atoms with Crippen LogP contribution in [0.15, 0.2) is 53.4 Å². The number of piperidine rings is 1. The van der Waals surface area contributed by atoms with E-state index in [1.807, 2.05) is 0 Å². The Hall–Kier alpha value is -2.34. The maximum absolute atomic E-state index is 12.7. The minimum absolute atomic E-state index is 0.125. The van der Waals surface area contributed by atoms with Gasteiger partial charge in [0.05, 0.1) is 23.4 Å². The van der Waals surface area contributed by atoms with Crippen LogP contribution in [0.5, 0.6) is 5.75 Å². The molecule has 0 aromatic heterocycles. The van der Waals surface area contributed by atoms with Gasteiger partial charge in [0.2, 0.25) is 26.0 Å². The van der Waals surface area contributed by atoms with Crippen LogP contribution < -0.4 is 14.4 Å². The lowest BCUT2D eigenvalue weighted by Gasteiger charge is -2.25. The molecule has 0 radical (unpaired) electrons.